The number of hydrogen-bond donors (Lipinski definition) is 3. The highest BCUT2D eigenvalue weighted by molar-refractivity contribution is 5.84. The molecular weight excluding hydrogens is 328 g/mol. The first-order valence-electron chi connectivity index (χ1n) is 9.52. The predicted octanol–water partition coefficient (Wildman–Crippen LogP) is 2.45. The van der Waals surface area contributed by atoms with Gasteiger partial charge in [-0.15, -0.1) is 0 Å². The zero-order chi connectivity index (χ0) is 18.8. The van der Waals surface area contributed by atoms with Gasteiger partial charge in [0.2, 0.25) is 5.91 Å². The van der Waals surface area contributed by atoms with E-state index in [1.165, 1.54) is 25.7 Å². The quantitative estimate of drug-likeness (QED) is 0.467. The summed E-state index contributed by atoms with van der Waals surface area (Å²) in [6, 6.07) is 7.65. The van der Waals surface area contributed by atoms with Crippen LogP contribution < -0.4 is 20.7 Å². The topological polar surface area (TPSA) is 74.8 Å². The minimum absolute atomic E-state index is 0.0909. The molecule has 0 unspecified atom stereocenters. The highest BCUT2D eigenvalue weighted by atomic mass is 16.5. The van der Waals surface area contributed by atoms with Crippen LogP contribution in [0.3, 0.4) is 0 Å². The number of carbonyl (C=O) groups is 1. The number of aliphatic imine (C=N–C) groups is 1. The van der Waals surface area contributed by atoms with Gasteiger partial charge in [-0.3, -0.25) is 4.79 Å². The van der Waals surface area contributed by atoms with E-state index >= 15 is 0 Å². The number of rotatable bonds is 9. The maximum absolute atomic E-state index is 12.1. The molecule has 6 heteroatoms. The Morgan fingerprint density at radius 2 is 1.88 bits per heavy atom. The summed E-state index contributed by atoms with van der Waals surface area (Å²) in [5, 5.41) is 9.51. The maximum atomic E-state index is 12.1. The van der Waals surface area contributed by atoms with Crippen LogP contribution in [0.15, 0.2) is 29.3 Å². The molecule has 0 bridgehead atoms. The molecule has 26 heavy (non-hydrogen) atoms. The monoisotopic (exact) mass is 360 g/mol. The Bertz CT molecular complexity index is 589. The van der Waals surface area contributed by atoms with Crippen molar-refractivity contribution in [2.75, 3.05) is 26.7 Å². The molecular formula is C20H32N4O2. The van der Waals surface area contributed by atoms with E-state index in [1.807, 2.05) is 31.2 Å². The Morgan fingerprint density at radius 1 is 1.15 bits per heavy atom. The maximum Gasteiger partial charge on any atom is 0.242 e. The van der Waals surface area contributed by atoms with E-state index in [9.17, 15) is 4.79 Å². The van der Waals surface area contributed by atoms with Gasteiger partial charge in [-0.1, -0.05) is 25.5 Å². The number of guanidine groups is 1. The van der Waals surface area contributed by atoms with E-state index in [-0.39, 0.29) is 12.5 Å². The van der Waals surface area contributed by atoms with Gasteiger partial charge < -0.3 is 20.7 Å². The summed E-state index contributed by atoms with van der Waals surface area (Å²) in [5.41, 5.74) is 1.44. The number of hydrogen-bond acceptors (Lipinski definition) is 3. The van der Waals surface area contributed by atoms with Crippen LogP contribution >= 0.6 is 0 Å². The molecule has 2 rings (SSSR count). The van der Waals surface area contributed by atoms with Crippen molar-refractivity contribution in [1.29, 1.82) is 0 Å². The second-order valence-electron chi connectivity index (χ2n) is 6.88. The molecule has 0 radical (unpaired) electrons. The van der Waals surface area contributed by atoms with Crippen molar-refractivity contribution in [2.24, 2.45) is 10.4 Å². The van der Waals surface area contributed by atoms with Crippen molar-refractivity contribution in [3.05, 3.63) is 29.8 Å². The lowest BCUT2D eigenvalue weighted by molar-refractivity contribution is -0.119. The zero-order valence-corrected chi connectivity index (χ0v) is 16.2. The van der Waals surface area contributed by atoms with Crippen molar-refractivity contribution in [1.82, 2.24) is 16.0 Å². The van der Waals surface area contributed by atoms with Crippen LogP contribution in [0, 0.1) is 5.41 Å². The molecule has 1 aromatic carbocycles. The smallest absolute Gasteiger partial charge is 0.242 e. The van der Waals surface area contributed by atoms with Gasteiger partial charge in [0.25, 0.3) is 0 Å². The normalized spacial score (nSPS) is 15.7. The largest absolute Gasteiger partial charge is 0.497 e. The summed E-state index contributed by atoms with van der Waals surface area (Å²) in [6.07, 6.45) is 5.05. The Hall–Kier alpha value is -2.24. The summed E-state index contributed by atoms with van der Waals surface area (Å²) in [4.78, 5) is 16.5. The van der Waals surface area contributed by atoms with Gasteiger partial charge in [0.1, 0.15) is 12.3 Å². The Morgan fingerprint density at radius 3 is 2.42 bits per heavy atom. The molecule has 0 saturated heterocycles. The lowest BCUT2D eigenvalue weighted by atomic mass is 9.67. The number of benzene rings is 1. The summed E-state index contributed by atoms with van der Waals surface area (Å²) >= 11 is 0. The average Bonchev–Trinajstić information content (AvgIpc) is 2.64. The molecule has 6 nitrogen and oxygen atoms in total. The first-order valence-corrected chi connectivity index (χ1v) is 9.52. The van der Waals surface area contributed by atoms with Crippen molar-refractivity contribution in [3.8, 4) is 5.75 Å². The number of nitrogens with zero attached hydrogens (tertiary/aromatic N) is 1. The SMILES string of the molecule is CCNC(=NCC(=O)NCc1ccc(OC)cc1)NCC1(CC)CCC1. The number of carbonyl (C=O) groups excluding carboxylic acids is 1. The van der Waals surface area contributed by atoms with E-state index in [0.29, 0.717) is 17.9 Å². The Labute approximate surface area is 156 Å². The molecule has 1 aromatic rings. The van der Waals surface area contributed by atoms with Crippen molar-refractivity contribution in [3.63, 3.8) is 0 Å². The van der Waals surface area contributed by atoms with E-state index in [2.05, 4.69) is 27.9 Å². The van der Waals surface area contributed by atoms with E-state index < -0.39 is 0 Å². The summed E-state index contributed by atoms with van der Waals surface area (Å²) in [5.74, 6) is 1.43. The van der Waals surface area contributed by atoms with Gasteiger partial charge in [-0.2, -0.15) is 0 Å². The van der Waals surface area contributed by atoms with E-state index in [1.54, 1.807) is 7.11 Å². The molecule has 1 fully saturated rings. The molecule has 144 valence electrons. The third kappa shape index (κ3) is 5.93. The fourth-order valence-corrected chi connectivity index (χ4v) is 3.10. The first-order chi connectivity index (χ1) is 12.6. The first kappa shape index (κ1) is 20.1. The molecule has 0 atom stereocenters. The lowest BCUT2D eigenvalue weighted by Gasteiger charge is -2.41. The van der Waals surface area contributed by atoms with Crippen LogP contribution in [-0.2, 0) is 11.3 Å². The van der Waals surface area contributed by atoms with E-state index in [4.69, 9.17) is 4.74 Å². The highest BCUT2D eigenvalue weighted by Crippen LogP contribution is 2.42. The van der Waals surface area contributed by atoms with Crippen LogP contribution in [0.1, 0.15) is 45.1 Å². The highest BCUT2D eigenvalue weighted by Gasteiger charge is 2.34. The second kappa shape index (κ2) is 10.0. The summed E-state index contributed by atoms with van der Waals surface area (Å²) < 4.78 is 5.13. The van der Waals surface area contributed by atoms with Gasteiger partial charge >= 0.3 is 0 Å². The third-order valence-corrected chi connectivity index (χ3v) is 5.17. The minimum Gasteiger partial charge on any atom is -0.497 e. The van der Waals surface area contributed by atoms with Crippen LogP contribution in [0.2, 0.25) is 0 Å². The molecule has 0 aromatic heterocycles. The standard InChI is InChI=1S/C20H32N4O2/c1-4-20(11-6-12-20)15-24-19(21-5-2)23-14-18(25)22-13-16-7-9-17(26-3)10-8-16/h7-10H,4-6,11-15H2,1-3H3,(H,22,25)(H2,21,23,24). The van der Waals surface area contributed by atoms with Gasteiger partial charge in [0.05, 0.1) is 7.11 Å². The van der Waals surface area contributed by atoms with Crippen LogP contribution in [0.5, 0.6) is 5.75 Å². The Balaban J connectivity index is 1.78. The molecule has 3 N–H and O–H groups in total. The lowest BCUT2D eigenvalue weighted by Crippen LogP contribution is -2.46. The fourth-order valence-electron chi connectivity index (χ4n) is 3.10. The van der Waals surface area contributed by atoms with Crippen LogP contribution in [0.4, 0.5) is 0 Å². The fraction of sp³-hybridized carbons (Fsp3) is 0.600. The molecule has 1 saturated carbocycles. The summed E-state index contributed by atoms with van der Waals surface area (Å²) in [6.45, 7) is 6.57. The van der Waals surface area contributed by atoms with Crippen LogP contribution in [0.25, 0.3) is 0 Å². The molecule has 0 aliphatic heterocycles. The molecule has 1 amide bonds. The van der Waals surface area contributed by atoms with Gasteiger partial charge in [0.15, 0.2) is 5.96 Å². The molecule has 0 spiro atoms. The number of ether oxygens (including phenoxy) is 1. The number of nitrogens with one attached hydrogen (secondary N) is 3. The van der Waals surface area contributed by atoms with Gasteiger partial charge in [-0.25, -0.2) is 4.99 Å². The van der Waals surface area contributed by atoms with Crippen molar-refractivity contribution < 1.29 is 9.53 Å². The molecule has 0 heterocycles. The second-order valence-corrected chi connectivity index (χ2v) is 6.88. The molecule has 1 aliphatic carbocycles. The summed E-state index contributed by atoms with van der Waals surface area (Å²) in [7, 11) is 1.64. The van der Waals surface area contributed by atoms with E-state index in [0.717, 1.165) is 24.4 Å². The minimum atomic E-state index is -0.0909. The third-order valence-electron chi connectivity index (χ3n) is 5.17. The zero-order valence-electron chi connectivity index (χ0n) is 16.2. The van der Waals surface area contributed by atoms with Crippen LogP contribution in [-0.4, -0.2) is 38.6 Å². The van der Waals surface area contributed by atoms with Crippen molar-refractivity contribution in [2.45, 2.75) is 46.1 Å². The van der Waals surface area contributed by atoms with Gasteiger partial charge in [-0.05, 0) is 49.3 Å². The Kier molecular flexibility index (Phi) is 7.75. The number of amides is 1. The molecule has 1 aliphatic rings. The average molecular weight is 361 g/mol. The van der Waals surface area contributed by atoms with Crippen molar-refractivity contribution >= 4 is 11.9 Å². The van der Waals surface area contributed by atoms with Gasteiger partial charge in [0, 0.05) is 19.6 Å². The number of methoxy groups -OCH3 is 1. The predicted molar refractivity (Wildman–Crippen MR) is 105 cm³/mol.